The molecule has 0 radical (unpaired) electrons. The smallest absolute Gasteiger partial charge is 0.303 e. The van der Waals surface area contributed by atoms with Gasteiger partial charge in [-0.1, -0.05) is 44.6 Å². The summed E-state index contributed by atoms with van der Waals surface area (Å²) in [6.45, 7) is 1.12. The quantitative estimate of drug-likeness (QED) is 0.464. The van der Waals surface area contributed by atoms with Crippen molar-refractivity contribution in [3.63, 3.8) is 0 Å². The summed E-state index contributed by atoms with van der Waals surface area (Å²) < 4.78 is 2.24. The van der Waals surface area contributed by atoms with Gasteiger partial charge in [-0.2, -0.15) is 0 Å². The van der Waals surface area contributed by atoms with Crippen molar-refractivity contribution in [2.75, 3.05) is 0 Å². The van der Waals surface area contributed by atoms with Crippen molar-refractivity contribution in [3.05, 3.63) is 30.6 Å². The standard InChI is InChI=1S/C17H27NO2/c19-17(20)13-9-6-4-2-1-3-5-7-10-14-18-15-11-8-12-16-18/h8,11-12,15-16H,1-7,9-10,13-14H2/p+1. The highest BCUT2D eigenvalue weighted by atomic mass is 16.4. The molecule has 0 aliphatic rings. The van der Waals surface area contributed by atoms with Gasteiger partial charge in [-0.15, -0.1) is 0 Å². The first-order chi connectivity index (χ1) is 9.79. The Labute approximate surface area is 122 Å². The molecule has 1 aromatic rings. The summed E-state index contributed by atoms with van der Waals surface area (Å²) in [5.74, 6) is -0.665. The maximum absolute atomic E-state index is 10.3. The van der Waals surface area contributed by atoms with Crippen LogP contribution in [0.2, 0.25) is 0 Å². The van der Waals surface area contributed by atoms with Gasteiger partial charge in [0.15, 0.2) is 12.4 Å². The number of carboxylic acid groups (broad SMARTS) is 1. The number of unbranched alkanes of at least 4 members (excludes halogenated alkanes) is 8. The maximum Gasteiger partial charge on any atom is 0.303 e. The number of hydrogen-bond donors (Lipinski definition) is 1. The third-order valence-corrected chi connectivity index (χ3v) is 3.58. The second kappa shape index (κ2) is 11.4. The van der Waals surface area contributed by atoms with Crippen LogP contribution in [0, 0.1) is 0 Å². The molecule has 0 spiro atoms. The van der Waals surface area contributed by atoms with Crippen molar-refractivity contribution in [2.24, 2.45) is 0 Å². The molecule has 0 aromatic carbocycles. The van der Waals surface area contributed by atoms with Gasteiger partial charge in [0.25, 0.3) is 0 Å². The number of pyridine rings is 1. The van der Waals surface area contributed by atoms with Gasteiger partial charge in [-0.25, -0.2) is 4.57 Å². The summed E-state index contributed by atoms with van der Waals surface area (Å²) >= 11 is 0. The number of aromatic nitrogens is 1. The number of nitrogens with zero attached hydrogens (tertiary/aromatic N) is 1. The zero-order chi connectivity index (χ0) is 14.5. The molecule has 0 fully saturated rings. The van der Waals surface area contributed by atoms with Crippen LogP contribution in [0.4, 0.5) is 0 Å². The van der Waals surface area contributed by atoms with Crippen molar-refractivity contribution in [1.29, 1.82) is 0 Å². The minimum absolute atomic E-state index is 0.331. The molecule has 1 rings (SSSR count). The van der Waals surface area contributed by atoms with Crippen LogP contribution in [0.25, 0.3) is 0 Å². The van der Waals surface area contributed by atoms with Crippen molar-refractivity contribution < 1.29 is 14.5 Å². The van der Waals surface area contributed by atoms with Crippen molar-refractivity contribution >= 4 is 5.97 Å². The molecule has 1 aromatic heterocycles. The maximum atomic E-state index is 10.3. The highest BCUT2D eigenvalue weighted by Gasteiger charge is 1.98. The van der Waals surface area contributed by atoms with E-state index in [4.69, 9.17) is 5.11 Å². The van der Waals surface area contributed by atoms with Crippen molar-refractivity contribution in [2.45, 2.75) is 70.8 Å². The van der Waals surface area contributed by atoms with Crippen LogP contribution in [0.1, 0.15) is 64.2 Å². The van der Waals surface area contributed by atoms with Gasteiger partial charge in [0.2, 0.25) is 0 Å². The molecule has 0 saturated carbocycles. The zero-order valence-corrected chi connectivity index (χ0v) is 12.5. The third-order valence-electron chi connectivity index (χ3n) is 3.58. The Hall–Kier alpha value is -1.38. The lowest BCUT2D eigenvalue weighted by Gasteiger charge is -2.01. The van der Waals surface area contributed by atoms with Crippen LogP contribution in [0.3, 0.4) is 0 Å². The van der Waals surface area contributed by atoms with E-state index in [0.29, 0.717) is 6.42 Å². The number of aliphatic carboxylic acids is 1. The van der Waals surface area contributed by atoms with Gasteiger partial charge in [-0.05, 0) is 12.8 Å². The molecule has 0 aliphatic heterocycles. The molecule has 1 heterocycles. The topological polar surface area (TPSA) is 41.2 Å². The molecule has 0 unspecified atom stereocenters. The predicted molar refractivity (Wildman–Crippen MR) is 80.4 cm³/mol. The van der Waals surface area contributed by atoms with Crippen LogP contribution in [-0.2, 0) is 11.3 Å². The van der Waals surface area contributed by atoms with E-state index in [2.05, 4.69) is 29.1 Å². The Balaban J connectivity index is 1.80. The second-order valence-electron chi connectivity index (χ2n) is 5.44. The van der Waals surface area contributed by atoms with Crippen LogP contribution >= 0.6 is 0 Å². The van der Waals surface area contributed by atoms with E-state index in [0.717, 1.165) is 19.4 Å². The Bertz CT molecular complexity index is 351. The minimum atomic E-state index is -0.665. The fraction of sp³-hybridized carbons (Fsp3) is 0.647. The summed E-state index contributed by atoms with van der Waals surface area (Å²) in [6, 6.07) is 6.20. The van der Waals surface area contributed by atoms with E-state index < -0.39 is 5.97 Å². The predicted octanol–water partition coefficient (Wildman–Crippen LogP) is 3.96. The molecule has 0 saturated heterocycles. The summed E-state index contributed by atoms with van der Waals surface area (Å²) in [6.07, 6.45) is 15.4. The van der Waals surface area contributed by atoms with E-state index in [1.807, 2.05) is 6.07 Å². The summed E-state index contributed by atoms with van der Waals surface area (Å²) in [5, 5.41) is 8.52. The van der Waals surface area contributed by atoms with Crippen molar-refractivity contribution in [1.82, 2.24) is 0 Å². The molecule has 112 valence electrons. The number of aryl methyl sites for hydroxylation is 1. The first-order valence-corrected chi connectivity index (χ1v) is 7.95. The lowest BCUT2D eigenvalue weighted by Crippen LogP contribution is -2.32. The second-order valence-corrected chi connectivity index (χ2v) is 5.44. The molecule has 3 nitrogen and oxygen atoms in total. The van der Waals surface area contributed by atoms with E-state index in [-0.39, 0.29) is 0 Å². The Morgan fingerprint density at radius 1 is 0.750 bits per heavy atom. The zero-order valence-electron chi connectivity index (χ0n) is 12.5. The fourth-order valence-electron chi connectivity index (χ4n) is 2.39. The molecule has 20 heavy (non-hydrogen) atoms. The molecule has 0 amide bonds. The van der Waals surface area contributed by atoms with Gasteiger partial charge in [0.1, 0.15) is 6.54 Å². The number of hydrogen-bond acceptors (Lipinski definition) is 1. The first kappa shape index (κ1) is 16.7. The third kappa shape index (κ3) is 9.54. The van der Waals surface area contributed by atoms with Crippen LogP contribution < -0.4 is 4.57 Å². The van der Waals surface area contributed by atoms with Crippen LogP contribution in [0.15, 0.2) is 30.6 Å². The lowest BCUT2D eigenvalue weighted by molar-refractivity contribution is -0.697. The molecular formula is C17H28NO2+. The largest absolute Gasteiger partial charge is 0.481 e. The Morgan fingerprint density at radius 2 is 1.25 bits per heavy atom. The first-order valence-electron chi connectivity index (χ1n) is 7.95. The average molecular weight is 278 g/mol. The van der Waals surface area contributed by atoms with Gasteiger partial charge in [0.05, 0.1) is 0 Å². The summed E-state index contributed by atoms with van der Waals surface area (Å²) in [7, 11) is 0. The highest BCUT2D eigenvalue weighted by molar-refractivity contribution is 5.66. The monoisotopic (exact) mass is 278 g/mol. The van der Waals surface area contributed by atoms with Gasteiger partial charge in [-0.3, -0.25) is 4.79 Å². The van der Waals surface area contributed by atoms with Crippen molar-refractivity contribution in [3.8, 4) is 0 Å². The average Bonchev–Trinajstić information content (AvgIpc) is 2.45. The van der Waals surface area contributed by atoms with Gasteiger partial charge < -0.3 is 5.11 Å². The van der Waals surface area contributed by atoms with E-state index in [1.54, 1.807) is 0 Å². The molecular weight excluding hydrogens is 250 g/mol. The molecule has 1 N–H and O–H groups in total. The van der Waals surface area contributed by atoms with Crippen LogP contribution in [-0.4, -0.2) is 11.1 Å². The lowest BCUT2D eigenvalue weighted by atomic mass is 10.1. The van der Waals surface area contributed by atoms with E-state index in [9.17, 15) is 4.79 Å². The highest BCUT2D eigenvalue weighted by Crippen LogP contribution is 2.10. The number of rotatable bonds is 12. The van der Waals surface area contributed by atoms with Gasteiger partial charge in [0, 0.05) is 25.0 Å². The SMILES string of the molecule is O=C(O)CCCCCCCCCCC[n+]1ccccc1. The summed E-state index contributed by atoms with van der Waals surface area (Å²) in [5.41, 5.74) is 0. The number of carbonyl (C=O) groups is 1. The fourth-order valence-corrected chi connectivity index (χ4v) is 2.39. The van der Waals surface area contributed by atoms with Crippen LogP contribution in [0.5, 0.6) is 0 Å². The number of carboxylic acids is 1. The van der Waals surface area contributed by atoms with E-state index >= 15 is 0 Å². The normalized spacial score (nSPS) is 10.6. The van der Waals surface area contributed by atoms with Gasteiger partial charge >= 0.3 is 5.97 Å². The molecule has 0 atom stereocenters. The van der Waals surface area contributed by atoms with E-state index in [1.165, 1.54) is 44.9 Å². The Kier molecular flexibility index (Phi) is 9.54. The molecule has 3 heteroatoms. The minimum Gasteiger partial charge on any atom is -0.481 e. The summed E-state index contributed by atoms with van der Waals surface area (Å²) in [4.78, 5) is 10.3. The Morgan fingerprint density at radius 3 is 1.80 bits per heavy atom. The molecule has 0 bridgehead atoms. The molecule has 0 aliphatic carbocycles.